The fraction of sp³-hybridized carbons (Fsp3) is 0.200. The summed E-state index contributed by atoms with van der Waals surface area (Å²) < 4.78 is 5.04. The molecule has 1 aromatic carbocycles. The van der Waals surface area contributed by atoms with Crippen LogP contribution in [0.5, 0.6) is 0 Å². The average Bonchev–Trinajstić information content (AvgIpc) is 2.43. The molecule has 5 heteroatoms. The summed E-state index contributed by atoms with van der Waals surface area (Å²) in [5, 5.41) is 3.19. The first-order valence-corrected chi connectivity index (χ1v) is 6.37. The SMILES string of the molecule is CCOC(=O)c1cc(N)ccc1Nc1cccnc1C. The van der Waals surface area contributed by atoms with Crippen LogP contribution in [0.2, 0.25) is 0 Å². The summed E-state index contributed by atoms with van der Waals surface area (Å²) in [7, 11) is 0. The quantitative estimate of drug-likeness (QED) is 0.660. The number of benzene rings is 1. The van der Waals surface area contributed by atoms with Crippen LogP contribution in [0.1, 0.15) is 23.0 Å². The van der Waals surface area contributed by atoms with E-state index in [1.54, 1.807) is 31.3 Å². The molecule has 0 atom stereocenters. The van der Waals surface area contributed by atoms with Gasteiger partial charge in [-0.15, -0.1) is 0 Å². The van der Waals surface area contributed by atoms with E-state index in [-0.39, 0.29) is 0 Å². The van der Waals surface area contributed by atoms with Gasteiger partial charge in [-0.1, -0.05) is 0 Å². The average molecular weight is 271 g/mol. The number of nitrogen functional groups attached to an aromatic ring is 1. The number of pyridine rings is 1. The van der Waals surface area contributed by atoms with Crippen LogP contribution >= 0.6 is 0 Å². The van der Waals surface area contributed by atoms with Crippen LogP contribution < -0.4 is 11.1 Å². The Bertz CT molecular complexity index is 626. The maximum Gasteiger partial charge on any atom is 0.340 e. The van der Waals surface area contributed by atoms with Crippen LogP contribution in [0, 0.1) is 6.92 Å². The summed E-state index contributed by atoms with van der Waals surface area (Å²) >= 11 is 0. The summed E-state index contributed by atoms with van der Waals surface area (Å²) in [4.78, 5) is 16.2. The number of anilines is 3. The lowest BCUT2D eigenvalue weighted by Crippen LogP contribution is -2.09. The Kier molecular flexibility index (Phi) is 4.20. The second-order valence-electron chi connectivity index (χ2n) is 4.29. The van der Waals surface area contributed by atoms with E-state index in [0.717, 1.165) is 11.4 Å². The van der Waals surface area contributed by atoms with Gasteiger partial charge in [-0.05, 0) is 44.2 Å². The number of aryl methyl sites for hydroxylation is 1. The van der Waals surface area contributed by atoms with Crippen molar-refractivity contribution in [2.45, 2.75) is 13.8 Å². The largest absolute Gasteiger partial charge is 0.462 e. The lowest BCUT2D eigenvalue weighted by Gasteiger charge is -2.13. The summed E-state index contributed by atoms with van der Waals surface area (Å²) in [6.45, 7) is 3.98. The molecule has 0 aliphatic rings. The highest BCUT2D eigenvalue weighted by Gasteiger charge is 2.13. The van der Waals surface area contributed by atoms with Crippen LogP contribution in [0.25, 0.3) is 0 Å². The maximum atomic E-state index is 12.0. The number of aromatic nitrogens is 1. The van der Waals surface area contributed by atoms with Gasteiger partial charge in [-0.25, -0.2) is 4.79 Å². The van der Waals surface area contributed by atoms with E-state index in [9.17, 15) is 4.79 Å². The van der Waals surface area contributed by atoms with Crippen LogP contribution in [0.3, 0.4) is 0 Å². The third-order valence-electron chi connectivity index (χ3n) is 2.82. The van der Waals surface area contributed by atoms with E-state index in [1.165, 1.54) is 0 Å². The van der Waals surface area contributed by atoms with Gasteiger partial charge < -0.3 is 15.8 Å². The molecule has 0 amide bonds. The molecule has 0 aliphatic carbocycles. The van der Waals surface area contributed by atoms with Crippen molar-refractivity contribution >= 4 is 23.0 Å². The van der Waals surface area contributed by atoms with Crippen LogP contribution in [-0.4, -0.2) is 17.6 Å². The van der Waals surface area contributed by atoms with Gasteiger partial charge >= 0.3 is 5.97 Å². The van der Waals surface area contributed by atoms with Crippen molar-refractivity contribution in [3.63, 3.8) is 0 Å². The third kappa shape index (κ3) is 3.06. The van der Waals surface area contributed by atoms with Gasteiger partial charge in [0.15, 0.2) is 0 Å². The molecule has 0 fully saturated rings. The molecule has 20 heavy (non-hydrogen) atoms. The minimum atomic E-state index is -0.399. The molecule has 5 nitrogen and oxygen atoms in total. The zero-order valence-electron chi connectivity index (χ0n) is 11.5. The smallest absolute Gasteiger partial charge is 0.340 e. The van der Waals surface area contributed by atoms with E-state index >= 15 is 0 Å². The van der Waals surface area contributed by atoms with Crippen LogP contribution in [-0.2, 0) is 4.74 Å². The zero-order valence-corrected chi connectivity index (χ0v) is 11.5. The minimum Gasteiger partial charge on any atom is -0.462 e. The van der Waals surface area contributed by atoms with Crippen molar-refractivity contribution < 1.29 is 9.53 Å². The summed E-state index contributed by atoms with van der Waals surface area (Å²) in [5.41, 5.74) is 8.99. The van der Waals surface area contributed by atoms with Gasteiger partial charge in [0.2, 0.25) is 0 Å². The molecule has 1 heterocycles. The highest BCUT2D eigenvalue weighted by Crippen LogP contribution is 2.25. The van der Waals surface area contributed by atoms with E-state index in [1.807, 2.05) is 19.1 Å². The van der Waals surface area contributed by atoms with Gasteiger partial charge in [0.05, 0.1) is 29.2 Å². The minimum absolute atomic E-state index is 0.318. The third-order valence-corrected chi connectivity index (χ3v) is 2.82. The molecule has 2 rings (SSSR count). The molecule has 1 aromatic heterocycles. The van der Waals surface area contributed by atoms with E-state index < -0.39 is 5.97 Å². The molecular formula is C15H17N3O2. The van der Waals surface area contributed by atoms with Crippen molar-refractivity contribution in [3.05, 3.63) is 47.8 Å². The Balaban J connectivity index is 2.36. The second kappa shape index (κ2) is 6.06. The fourth-order valence-corrected chi connectivity index (χ4v) is 1.81. The molecule has 0 saturated heterocycles. The van der Waals surface area contributed by atoms with Crippen molar-refractivity contribution in [3.8, 4) is 0 Å². The van der Waals surface area contributed by atoms with Gasteiger partial charge in [-0.3, -0.25) is 4.98 Å². The molecule has 0 unspecified atom stereocenters. The van der Waals surface area contributed by atoms with Crippen molar-refractivity contribution in [1.29, 1.82) is 0 Å². The molecule has 2 aromatic rings. The molecule has 0 aliphatic heterocycles. The number of hydrogen-bond donors (Lipinski definition) is 2. The summed E-state index contributed by atoms with van der Waals surface area (Å²) in [6, 6.07) is 8.82. The number of ether oxygens (including phenoxy) is 1. The predicted octanol–water partition coefficient (Wildman–Crippen LogP) is 2.89. The lowest BCUT2D eigenvalue weighted by atomic mass is 10.1. The highest BCUT2D eigenvalue weighted by atomic mass is 16.5. The Labute approximate surface area is 117 Å². The Morgan fingerprint density at radius 1 is 1.35 bits per heavy atom. The number of nitrogens with two attached hydrogens (primary N) is 1. The van der Waals surface area contributed by atoms with Crippen molar-refractivity contribution in [2.75, 3.05) is 17.7 Å². The van der Waals surface area contributed by atoms with Gasteiger partial charge in [0, 0.05) is 11.9 Å². The number of rotatable bonds is 4. The van der Waals surface area contributed by atoms with Gasteiger partial charge in [0.25, 0.3) is 0 Å². The molecule has 0 radical (unpaired) electrons. The monoisotopic (exact) mass is 271 g/mol. The summed E-state index contributed by atoms with van der Waals surface area (Å²) in [6.07, 6.45) is 1.72. The molecule has 0 bridgehead atoms. The number of nitrogens with one attached hydrogen (secondary N) is 1. The first-order valence-electron chi connectivity index (χ1n) is 6.37. The summed E-state index contributed by atoms with van der Waals surface area (Å²) in [5.74, 6) is -0.399. The Morgan fingerprint density at radius 3 is 2.85 bits per heavy atom. The Morgan fingerprint density at radius 2 is 2.15 bits per heavy atom. The van der Waals surface area contributed by atoms with E-state index in [2.05, 4.69) is 10.3 Å². The number of carbonyl (C=O) groups is 1. The van der Waals surface area contributed by atoms with E-state index in [0.29, 0.717) is 23.5 Å². The lowest BCUT2D eigenvalue weighted by molar-refractivity contribution is 0.0527. The van der Waals surface area contributed by atoms with E-state index in [4.69, 9.17) is 10.5 Å². The Hall–Kier alpha value is -2.56. The first kappa shape index (κ1) is 13.9. The molecule has 104 valence electrons. The van der Waals surface area contributed by atoms with Crippen molar-refractivity contribution in [2.24, 2.45) is 0 Å². The van der Waals surface area contributed by atoms with Crippen LogP contribution in [0.4, 0.5) is 17.1 Å². The topological polar surface area (TPSA) is 77.2 Å². The highest BCUT2D eigenvalue weighted by molar-refractivity contribution is 5.97. The zero-order chi connectivity index (χ0) is 14.5. The predicted molar refractivity (Wildman–Crippen MR) is 79.1 cm³/mol. The van der Waals surface area contributed by atoms with Crippen molar-refractivity contribution in [1.82, 2.24) is 4.98 Å². The van der Waals surface area contributed by atoms with Crippen LogP contribution in [0.15, 0.2) is 36.5 Å². The number of nitrogens with zero attached hydrogens (tertiary/aromatic N) is 1. The molecule has 0 spiro atoms. The number of hydrogen-bond acceptors (Lipinski definition) is 5. The number of carbonyl (C=O) groups excluding carboxylic acids is 1. The normalized spacial score (nSPS) is 10.1. The molecular weight excluding hydrogens is 254 g/mol. The molecule has 3 N–H and O–H groups in total. The second-order valence-corrected chi connectivity index (χ2v) is 4.29. The number of esters is 1. The van der Waals surface area contributed by atoms with Gasteiger partial charge in [-0.2, -0.15) is 0 Å². The fourth-order valence-electron chi connectivity index (χ4n) is 1.81. The molecule has 0 saturated carbocycles. The standard InChI is InChI=1S/C15H17N3O2/c1-3-20-15(19)12-9-11(16)6-7-14(12)18-13-5-4-8-17-10(13)2/h4-9,18H,3,16H2,1-2H3. The maximum absolute atomic E-state index is 12.0. The first-order chi connectivity index (χ1) is 9.61. The van der Waals surface area contributed by atoms with Gasteiger partial charge in [0.1, 0.15) is 0 Å².